The SMILES string of the molecule is O=C1ONN(c2ccccc2)/C1=C1/CC(c2ccccc2)N=N1. The van der Waals surface area contributed by atoms with E-state index in [1.54, 1.807) is 5.01 Å². The molecule has 0 saturated carbocycles. The van der Waals surface area contributed by atoms with Crippen LogP contribution in [0.15, 0.2) is 82.3 Å². The van der Waals surface area contributed by atoms with Gasteiger partial charge in [0.25, 0.3) is 0 Å². The van der Waals surface area contributed by atoms with Crippen molar-refractivity contribution in [3.63, 3.8) is 0 Å². The highest BCUT2D eigenvalue weighted by Crippen LogP contribution is 2.36. The van der Waals surface area contributed by atoms with Crippen molar-refractivity contribution in [1.82, 2.24) is 5.59 Å². The van der Waals surface area contributed by atoms with E-state index in [1.165, 1.54) is 0 Å². The number of carbonyl (C=O) groups excluding carboxylic acids is 1. The molecule has 2 aromatic carbocycles. The monoisotopic (exact) mass is 306 g/mol. The zero-order valence-electron chi connectivity index (χ0n) is 12.2. The van der Waals surface area contributed by atoms with Crippen LogP contribution in [-0.4, -0.2) is 5.97 Å². The zero-order chi connectivity index (χ0) is 15.6. The van der Waals surface area contributed by atoms with Gasteiger partial charge in [-0.25, -0.2) is 9.80 Å². The molecule has 114 valence electrons. The summed E-state index contributed by atoms with van der Waals surface area (Å²) in [5.41, 5.74) is 5.52. The third kappa shape index (κ3) is 2.49. The first kappa shape index (κ1) is 13.7. The Morgan fingerprint density at radius 3 is 2.48 bits per heavy atom. The molecule has 0 aromatic heterocycles. The van der Waals surface area contributed by atoms with E-state index in [0.29, 0.717) is 17.8 Å². The van der Waals surface area contributed by atoms with Crippen LogP contribution in [0.25, 0.3) is 0 Å². The molecule has 0 aliphatic carbocycles. The van der Waals surface area contributed by atoms with E-state index < -0.39 is 5.97 Å². The Kier molecular flexibility index (Phi) is 3.36. The van der Waals surface area contributed by atoms with Gasteiger partial charge in [0, 0.05) is 6.42 Å². The van der Waals surface area contributed by atoms with Crippen LogP contribution in [0, 0.1) is 0 Å². The number of azo groups is 1. The van der Waals surface area contributed by atoms with Crippen LogP contribution < -0.4 is 10.6 Å². The Bertz CT molecular complexity index is 787. The fourth-order valence-corrected chi connectivity index (χ4v) is 2.69. The minimum Gasteiger partial charge on any atom is -0.345 e. The lowest BCUT2D eigenvalue weighted by Crippen LogP contribution is -2.29. The maximum atomic E-state index is 12.1. The second-order valence-corrected chi connectivity index (χ2v) is 5.29. The predicted molar refractivity (Wildman–Crippen MR) is 83.8 cm³/mol. The molecular weight excluding hydrogens is 292 g/mol. The normalized spacial score (nSPS) is 23.4. The van der Waals surface area contributed by atoms with E-state index in [-0.39, 0.29) is 6.04 Å². The van der Waals surface area contributed by atoms with Gasteiger partial charge in [-0.05, 0) is 17.7 Å². The number of hydrazine groups is 1. The van der Waals surface area contributed by atoms with Gasteiger partial charge in [0.1, 0.15) is 6.04 Å². The summed E-state index contributed by atoms with van der Waals surface area (Å²) >= 11 is 0. The molecule has 0 bridgehead atoms. The molecule has 2 heterocycles. The summed E-state index contributed by atoms with van der Waals surface area (Å²) in [4.78, 5) is 17.1. The molecule has 0 amide bonds. The van der Waals surface area contributed by atoms with Gasteiger partial charge in [-0.15, -0.1) is 0 Å². The number of nitrogens with zero attached hydrogens (tertiary/aromatic N) is 3. The highest BCUT2D eigenvalue weighted by molar-refractivity contribution is 5.95. The van der Waals surface area contributed by atoms with Crippen LogP contribution in [0.1, 0.15) is 18.0 Å². The molecular formula is C17H14N4O2. The molecule has 4 rings (SSSR count). The van der Waals surface area contributed by atoms with Crippen molar-refractivity contribution in [2.24, 2.45) is 10.2 Å². The molecule has 2 aliphatic rings. The second-order valence-electron chi connectivity index (χ2n) is 5.29. The van der Waals surface area contributed by atoms with E-state index in [2.05, 4.69) is 15.8 Å². The van der Waals surface area contributed by atoms with Gasteiger partial charge in [0.2, 0.25) is 0 Å². The molecule has 1 atom stereocenters. The largest absolute Gasteiger partial charge is 0.378 e. The quantitative estimate of drug-likeness (QED) is 0.865. The van der Waals surface area contributed by atoms with Crippen molar-refractivity contribution in [2.45, 2.75) is 12.5 Å². The molecule has 1 fully saturated rings. The molecule has 2 aromatic rings. The minimum atomic E-state index is -0.448. The Balaban J connectivity index is 1.67. The van der Waals surface area contributed by atoms with Crippen LogP contribution in [0.4, 0.5) is 5.69 Å². The van der Waals surface area contributed by atoms with Gasteiger partial charge >= 0.3 is 5.97 Å². The smallest absolute Gasteiger partial charge is 0.345 e. The van der Waals surface area contributed by atoms with Crippen molar-refractivity contribution in [3.8, 4) is 0 Å². The van der Waals surface area contributed by atoms with E-state index in [9.17, 15) is 4.79 Å². The van der Waals surface area contributed by atoms with Crippen molar-refractivity contribution in [1.29, 1.82) is 0 Å². The number of anilines is 1. The predicted octanol–water partition coefficient (Wildman–Crippen LogP) is 3.28. The number of nitrogens with one attached hydrogen (secondary N) is 1. The van der Waals surface area contributed by atoms with E-state index in [4.69, 9.17) is 4.84 Å². The highest BCUT2D eigenvalue weighted by atomic mass is 16.7. The lowest BCUT2D eigenvalue weighted by atomic mass is 10.0. The van der Waals surface area contributed by atoms with Gasteiger partial charge in [-0.1, -0.05) is 54.1 Å². The molecule has 0 radical (unpaired) electrons. The lowest BCUT2D eigenvalue weighted by Gasteiger charge is -2.15. The lowest BCUT2D eigenvalue weighted by molar-refractivity contribution is -0.140. The number of hydrogen-bond acceptors (Lipinski definition) is 6. The molecule has 6 nitrogen and oxygen atoms in total. The van der Waals surface area contributed by atoms with Crippen LogP contribution in [0.2, 0.25) is 0 Å². The van der Waals surface area contributed by atoms with Crippen LogP contribution >= 0.6 is 0 Å². The Hall–Kier alpha value is -2.99. The molecule has 6 heteroatoms. The van der Waals surface area contributed by atoms with Gasteiger partial charge in [0.15, 0.2) is 5.70 Å². The molecule has 2 aliphatic heterocycles. The highest BCUT2D eigenvalue weighted by Gasteiger charge is 2.35. The molecule has 1 saturated heterocycles. The average molecular weight is 306 g/mol. The summed E-state index contributed by atoms with van der Waals surface area (Å²) in [6.45, 7) is 0. The van der Waals surface area contributed by atoms with Crippen molar-refractivity contribution in [2.75, 3.05) is 5.01 Å². The molecule has 23 heavy (non-hydrogen) atoms. The minimum absolute atomic E-state index is 0.0651. The summed E-state index contributed by atoms with van der Waals surface area (Å²) < 4.78 is 0. The summed E-state index contributed by atoms with van der Waals surface area (Å²) in [5.74, 6) is -0.448. The summed E-state index contributed by atoms with van der Waals surface area (Å²) in [5, 5.41) is 10.1. The number of hydrogen-bond donors (Lipinski definition) is 1. The zero-order valence-corrected chi connectivity index (χ0v) is 12.2. The maximum absolute atomic E-state index is 12.1. The number of carbonyl (C=O) groups is 1. The van der Waals surface area contributed by atoms with E-state index >= 15 is 0 Å². The summed E-state index contributed by atoms with van der Waals surface area (Å²) in [6.07, 6.45) is 0.569. The average Bonchev–Trinajstić information content (AvgIpc) is 3.23. The van der Waals surface area contributed by atoms with Crippen LogP contribution in [-0.2, 0) is 9.63 Å². The first-order valence-corrected chi connectivity index (χ1v) is 7.34. The van der Waals surface area contributed by atoms with Gasteiger partial charge < -0.3 is 4.84 Å². The van der Waals surface area contributed by atoms with Crippen molar-refractivity contribution >= 4 is 11.7 Å². The topological polar surface area (TPSA) is 66.3 Å². The van der Waals surface area contributed by atoms with Crippen molar-refractivity contribution in [3.05, 3.63) is 77.6 Å². The van der Waals surface area contributed by atoms with Crippen LogP contribution in [0.3, 0.4) is 0 Å². The molecule has 1 unspecified atom stereocenters. The third-order valence-corrected chi connectivity index (χ3v) is 3.82. The Labute approximate surface area is 133 Å². The Morgan fingerprint density at radius 2 is 1.74 bits per heavy atom. The fourth-order valence-electron chi connectivity index (χ4n) is 2.69. The summed E-state index contributed by atoms with van der Waals surface area (Å²) in [6, 6.07) is 19.3. The fraction of sp³-hybridized carbons (Fsp3) is 0.118. The third-order valence-electron chi connectivity index (χ3n) is 3.82. The number of rotatable bonds is 2. The Morgan fingerprint density at radius 1 is 1.04 bits per heavy atom. The first-order chi connectivity index (χ1) is 11.3. The van der Waals surface area contributed by atoms with Gasteiger partial charge in [-0.2, -0.15) is 10.2 Å². The van der Waals surface area contributed by atoms with Gasteiger partial charge in [0.05, 0.1) is 11.4 Å². The number of para-hydroxylation sites is 1. The summed E-state index contributed by atoms with van der Waals surface area (Å²) in [7, 11) is 0. The standard InChI is InChI=1S/C17H14N4O2/c22-17-16(21(20-23-17)13-9-5-2-6-10-13)15-11-14(18-19-15)12-7-3-1-4-8-12/h1-10,14,20H,11H2/b16-15-. The molecule has 0 spiro atoms. The van der Waals surface area contributed by atoms with Crippen LogP contribution in [0.5, 0.6) is 0 Å². The first-order valence-electron chi connectivity index (χ1n) is 7.34. The number of benzene rings is 2. The van der Waals surface area contributed by atoms with E-state index in [1.807, 2.05) is 60.7 Å². The maximum Gasteiger partial charge on any atom is 0.378 e. The molecule has 1 N–H and O–H groups in total. The van der Waals surface area contributed by atoms with E-state index in [0.717, 1.165) is 11.3 Å². The van der Waals surface area contributed by atoms with Crippen molar-refractivity contribution < 1.29 is 9.63 Å². The second kappa shape index (κ2) is 5.66. The van der Waals surface area contributed by atoms with Gasteiger partial charge in [-0.3, -0.25) is 0 Å².